The van der Waals surface area contributed by atoms with Gasteiger partial charge in [-0.3, -0.25) is 9.69 Å². The average molecular weight is 535 g/mol. The molecule has 166 valence electrons. The monoisotopic (exact) mass is 535 g/mol. The third-order valence-corrected chi connectivity index (χ3v) is 7.08. The van der Waals surface area contributed by atoms with Crippen molar-refractivity contribution in [3.63, 3.8) is 0 Å². The molecule has 0 radical (unpaired) electrons. The van der Waals surface area contributed by atoms with Gasteiger partial charge in [0.05, 0.1) is 34.3 Å². The Balaban J connectivity index is 1.26. The van der Waals surface area contributed by atoms with Crippen molar-refractivity contribution in [3.05, 3.63) is 42.0 Å². The van der Waals surface area contributed by atoms with Crippen molar-refractivity contribution in [2.45, 2.75) is 32.2 Å². The van der Waals surface area contributed by atoms with Gasteiger partial charge in [0.1, 0.15) is 0 Å². The standard InChI is InChI=1S/C22H30IN7O/c1-28-8-2-3-19(28)20(27-23)17-6-11-30(12-7-17)21(31)18-4-9-29(10-5-18)15-16-13-25-22(24)26-14-16/h2-3,8,13-14,17-18H,4-7,9-12,15H2,1H3,(H2,24,25,26). The van der Waals surface area contributed by atoms with E-state index in [-0.39, 0.29) is 5.92 Å². The minimum absolute atomic E-state index is 0.140. The first kappa shape index (κ1) is 22.2. The molecule has 2 aromatic heterocycles. The maximum atomic E-state index is 13.1. The van der Waals surface area contributed by atoms with Crippen molar-refractivity contribution in [2.24, 2.45) is 22.1 Å². The largest absolute Gasteiger partial charge is 0.368 e. The van der Waals surface area contributed by atoms with Gasteiger partial charge in [0.2, 0.25) is 11.9 Å². The summed E-state index contributed by atoms with van der Waals surface area (Å²) < 4.78 is 6.69. The molecule has 0 atom stereocenters. The Labute approximate surface area is 197 Å². The van der Waals surface area contributed by atoms with E-state index in [0.717, 1.165) is 69.7 Å². The Kier molecular flexibility index (Phi) is 7.21. The molecule has 2 aliphatic rings. The lowest BCUT2D eigenvalue weighted by molar-refractivity contribution is -0.138. The van der Waals surface area contributed by atoms with Gasteiger partial charge in [-0.1, -0.05) is 0 Å². The fraction of sp³-hybridized carbons (Fsp3) is 0.545. The molecule has 2 saturated heterocycles. The van der Waals surface area contributed by atoms with E-state index in [1.165, 1.54) is 5.69 Å². The fourth-order valence-corrected chi connectivity index (χ4v) is 5.36. The first-order valence-electron chi connectivity index (χ1n) is 10.9. The van der Waals surface area contributed by atoms with Gasteiger partial charge in [-0.05, 0) is 50.9 Å². The number of piperidine rings is 2. The van der Waals surface area contributed by atoms with E-state index in [1.54, 1.807) is 12.4 Å². The molecule has 0 aromatic carbocycles. The molecule has 8 nitrogen and oxygen atoms in total. The van der Waals surface area contributed by atoms with Crippen LogP contribution in [0.1, 0.15) is 36.9 Å². The van der Waals surface area contributed by atoms with Gasteiger partial charge < -0.3 is 15.2 Å². The van der Waals surface area contributed by atoms with Crippen molar-refractivity contribution >= 4 is 40.4 Å². The number of anilines is 1. The molecule has 0 aliphatic carbocycles. The molecule has 1 amide bonds. The highest BCUT2D eigenvalue weighted by atomic mass is 127. The summed E-state index contributed by atoms with van der Waals surface area (Å²) in [6.07, 6.45) is 9.42. The quantitative estimate of drug-likeness (QED) is 0.470. The van der Waals surface area contributed by atoms with Crippen LogP contribution in [0.4, 0.5) is 5.95 Å². The van der Waals surface area contributed by atoms with Crippen LogP contribution in [0.25, 0.3) is 0 Å². The number of halogens is 1. The third-order valence-electron chi connectivity index (χ3n) is 6.56. The second-order valence-corrected chi connectivity index (χ2v) is 9.06. The maximum Gasteiger partial charge on any atom is 0.225 e. The number of aryl methyl sites for hydroxylation is 1. The number of hydrogen-bond acceptors (Lipinski definition) is 6. The SMILES string of the molecule is Cn1cccc1C(=NI)C1CCN(C(=O)C2CCN(Cc3cnc(N)nc3)CC2)CC1. The minimum atomic E-state index is 0.140. The van der Waals surface area contributed by atoms with Crippen molar-refractivity contribution in [2.75, 3.05) is 31.9 Å². The summed E-state index contributed by atoms with van der Waals surface area (Å²) in [6, 6.07) is 4.18. The van der Waals surface area contributed by atoms with Crippen molar-refractivity contribution < 1.29 is 4.79 Å². The van der Waals surface area contributed by atoms with Gasteiger partial charge in [-0.15, -0.1) is 0 Å². The molecular weight excluding hydrogens is 505 g/mol. The summed E-state index contributed by atoms with van der Waals surface area (Å²) in [6.45, 7) is 4.32. The van der Waals surface area contributed by atoms with E-state index in [2.05, 4.69) is 75.8 Å². The first-order valence-corrected chi connectivity index (χ1v) is 11.9. The molecule has 0 spiro atoms. The van der Waals surface area contributed by atoms with Crippen molar-refractivity contribution in [1.82, 2.24) is 24.3 Å². The van der Waals surface area contributed by atoms with Gasteiger partial charge in [0, 0.05) is 62.7 Å². The van der Waals surface area contributed by atoms with Crippen LogP contribution < -0.4 is 5.73 Å². The molecule has 0 unspecified atom stereocenters. The fourth-order valence-electron chi connectivity index (χ4n) is 4.72. The van der Waals surface area contributed by atoms with Gasteiger partial charge in [-0.25, -0.2) is 13.2 Å². The number of carbonyl (C=O) groups is 1. The van der Waals surface area contributed by atoms with E-state index in [0.29, 0.717) is 17.8 Å². The molecule has 4 heterocycles. The Morgan fingerprint density at radius 2 is 1.77 bits per heavy atom. The number of aromatic nitrogens is 3. The zero-order valence-corrected chi connectivity index (χ0v) is 20.1. The summed E-state index contributed by atoms with van der Waals surface area (Å²) in [5, 5.41) is 0. The molecule has 9 heteroatoms. The van der Waals surface area contributed by atoms with Crippen molar-refractivity contribution in [3.8, 4) is 0 Å². The maximum absolute atomic E-state index is 13.1. The minimum Gasteiger partial charge on any atom is -0.368 e. The molecule has 0 saturated carbocycles. The van der Waals surface area contributed by atoms with E-state index in [4.69, 9.17) is 5.73 Å². The van der Waals surface area contributed by atoms with Crippen LogP contribution in [-0.2, 0) is 18.4 Å². The van der Waals surface area contributed by atoms with E-state index in [9.17, 15) is 4.79 Å². The summed E-state index contributed by atoms with van der Waals surface area (Å²) in [5.41, 5.74) is 8.95. The number of amides is 1. The molecule has 2 aromatic rings. The molecular formula is C22H30IN7O. The number of rotatable bonds is 5. The van der Waals surface area contributed by atoms with Gasteiger partial charge in [0.25, 0.3) is 0 Å². The number of hydrogen-bond donors (Lipinski definition) is 1. The predicted octanol–water partition coefficient (Wildman–Crippen LogP) is 2.69. The second-order valence-electron chi connectivity index (χ2n) is 8.57. The Hall–Kier alpha value is -2.01. The lowest BCUT2D eigenvalue weighted by Crippen LogP contribution is -2.46. The predicted molar refractivity (Wildman–Crippen MR) is 130 cm³/mol. The molecule has 4 rings (SSSR count). The van der Waals surface area contributed by atoms with E-state index >= 15 is 0 Å². The summed E-state index contributed by atoms with van der Waals surface area (Å²) in [5.74, 6) is 1.19. The van der Waals surface area contributed by atoms with Crippen LogP contribution in [-0.4, -0.2) is 62.1 Å². The topological polar surface area (TPSA) is 92.6 Å². The molecule has 31 heavy (non-hydrogen) atoms. The van der Waals surface area contributed by atoms with Crippen molar-refractivity contribution in [1.29, 1.82) is 0 Å². The molecule has 2 N–H and O–H groups in total. The summed E-state index contributed by atoms with van der Waals surface area (Å²) >= 11 is 2.11. The smallest absolute Gasteiger partial charge is 0.225 e. The van der Waals surface area contributed by atoms with Crippen LogP contribution in [0.5, 0.6) is 0 Å². The Morgan fingerprint density at radius 3 is 2.35 bits per heavy atom. The lowest BCUT2D eigenvalue weighted by Gasteiger charge is -2.37. The molecule has 2 fully saturated rings. The zero-order valence-electron chi connectivity index (χ0n) is 18.0. The number of carbonyl (C=O) groups excluding carboxylic acids is 1. The first-order chi connectivity index (χ1) is 15.0. The van der Waals surface area contributed by atoms with Crippen LogP contribution in [0.2, 0.25) is 0 Å². The number of nitrogen functional groups attached to an aromatic ring is 1. The van der Waals surface area contributed by atoms with Gasteiger partial charge in [0.15, 0.2) is 0 Å². The number of nitrogens with zero attached hydrogens (tertiary/aromatic N) is 6. The summed E-state index contributed by atoms with van der Waals surface area (Å²) in [7, 11) is 2.06. The molecule has 0 bridgehead atoms. The van der Waals surface area contributed by atoms with E-state index in [1.807, 2.05) is 0 Å². The number of likely N-dealkylation sites (tertiary alicyclic amines) is 2. The van der Waals surface area contributed by atoms with Crippen LogP contribution >= 0.6 is 22.9 Å². The normalized spacial score (nSPS) is 19.7. The lowest BCUT2D eigenvalue weighted by atomic mass is 9.88. The van der Waals surface area contributed by atoms with Gasteiger partial charge in [-0.2, -0.15) is 0 Å². The Morgan fingerprint density at radius 1 is 1.13 bits per heavy atom. The highest BCUT2D eigenvalue weighted by Crippen LogP contribution is 2.27. The van der Waals surface area contributed by atoms with Crippen LogP contribution in [0.15, 0.2) is 33.9 Å². The average Bonchev–Trinajstić information content (AvgIpc) is 3.22. The Bertz CT molecular complexity index is 910. The molecule has 2 aliphatic heterocycles. The highest BCUT2D eigenvalue weighted by Gasteiger charge is 2.32. The number of nitrogens with two attached hydrogens (primary N) is 1. The second kappa shape index (κ2) is 10.1. The highest BCUT2D eigenvalue weighted by molar-refractivity contribution is 14.1. The summed E-state index contributed by atoms with van der Waals surface area (Å²) in [4.78, 5) is 25.7. The zero-order chi connectivity index (χ0) is 21.8. The third kappa shape index (κ3) is 5.25. The van der Waals surface area contributed by atoms with Crippen LogP contribution in [0, 0.1) is 11.8 Å². The van der Waals surface area contributed by atoms with Crippen LogP contribution in [0.3, 0.4) is 0 Å². The van der Waals surface area contributed by atoms with E-state index < -0.39 is 0 Å². The van der Waals surface area contributed by atoms with Gasteiger partial charge >= 0.3 is 0 Å².